The summed E-state index contributed by atoms with van der Waals surface area (Å²) < 4.78 is 61.1. The first-order valence-corrected chi connectivity index (χ1v) is 40.9. The fourth-order valence-electron chi connectivity index (χ4n) is 9.85. The second-order valence-electron chi connectivity index (χ2n) is 25.3. The Morgan fingerprint density at radius 2 is 1.27 bits per heavy atom. The minimum atomic E-state index is -5.94. The molecule has 2 amide bonds. The molecule has 0 aromatic carbocycles. The molecule has 11 unspecified atom stereocenters. The Labute approximate surface area is 647 Å². The first-order chi connectivity index (χ1) is 51.3. The van der Waals surface area contributed by atoms with Crippen molar-refractivity contribution in [2.75, 3.05) is 37.8 Å². The van der Waals surface area contributed by atoms with Gasteiger partial charge in [-0.1, -0.05) is 169 Å². The molecule has 0 saturated carbocycles. The summed E-state index contributed by atoms with van der Waals surface area (Å²) in [5.74, 6) is -7.73. The molecule has 2 aromatic heterocycles. The fraction of sp³-hybridized carbons (Fsp3) is 0.629. The largest absolute Gasteiger partial charge is 0.790 e. The highest BCUT2D eigenvalue weighted by atomic mass is 32.2. The van der Waals surface area contributed by atoms with E-state index in [4.69, 9.17) is 41.1 Å². The van der Waals surface area contributed by atoms with Crippen LogP contribution in [0.5, 0.6) is 0 Å². The molecule has 628 valence electrons. The number of phosphoric ester groups is 3. The molecule has 1 aliphatic heterocycles. The maximum Gasteiger partial charge on any atom is 0.331 e. The number of imidazole rings is 1. The van der Waals surface area contributed by atoms with E-state index in [1.165, 1.54) is 32.9 Å². The third-order valence-corrected chi connectivity index (χ3v) is 19.5. The van der Waals surface area contributed by atoms with Crippen molar-refractivity contribution in [1.82, 2.24) is 30.2 Å². The topological polar surface area (TPSA) is 599 Å². The number of ether oxygens (including phenoxy) is 1. The van der Waals surface area contributed by atoms with Gasteiger partial charge >= 0.3 is 29.8 Å². The maximum absolute atomic E-state index is 12.6. The lowest BCUT2D eigenvalue weighted by molar-refractivity contribution is -0.347. The summed E-state index contributed by atoms with van der Waals surface area (Å²) in [6, 6.07) is 0. The van der Waals surface area contributed by atoms with Crippen LogP contribution in [0, 0.1) is 29.1 Å². The van der Waals surface area contributed by atoms with Crippen molar-refractivity contribution in [3.8, 4) is 0 Å². The molecule has 1 aliphatic rings. The van der Waals surface area contributed by atoms with E-state index >= 15 is 0 Å². The van der Waals surface area contributed by atoms with Gasteiger partial charge in [0.1, 0.15) is 42.2 Å². The maximum atomic E-state index is 12.6. The average Bonchev–Trinajstić information content (AvgIpc) is 1.58. The number of phosphoric acid groups is 3. The van der Waals surface area contributed by atoms with Gasteiger partial charge in [-0.2, -0.15) is 0 Å². The molecule has 1 saturated heterocycles. The molecule has 12 N–H and O–H groups in total. The Balaban J connectivity index is -0.00000174. The van der Waals surface area contributed by atoms with Crippen LogP contribution in [-0.2, 0) is 85.2 Å². The minimum Gasteiger partial charge on any atom is -0.790 e. The van der Waals surface area contributed by atoms with Crippen molar-refractivity contribution in [2.24, 2.45) is 29.1 Å². The van der Waals surface area contributed by atoms with E-state index < -0.39 is 138 Å². The predicted molar refractivity (Wildman–Crippen MR) is 402 cm³/mol. The van der Waals surface area contributed by atoms with E-state index in [0.29, 0.717) is 55.4 Å². The molecular weight excluding hydrogens is 1530 g/mol. The van der Waals surface area contributed by atoms with E-state index in [0.717, 1.165) is 99.3 Å². The van der Waals surface area contributed by atoms with Gasteiger partial charge in [-0.25, -0.2) is 24.1 Å². The highest BCUT2D eigenvalue weighted by Gasteiger charge is 2.55. The van der Waals surface area contributed by atoms with Gasteiger partial charge in [0.25, 0.3) is 15.6 Å². The Bertz CT molecular complexity index is 3450. The second kappa shape index (κ2) is 56.2. The molecule has 110 heavy (non-hydrogen) atoms. The quantitative estimate of drug-likeness (QED) is 0.00788. The van der Waals surface area contributed by atoms with Gasteiger partial charge in [-0.15, -0.1) is 13.2 Å². The van der Waals surface area contributed by atoms with E-state index in [9.17, 15) is 86.6 Å². The predicted octanol–water partition coefficient (Wildman–Crippen LogP) is 7.06. The van der Waals surface area contributed by atoms with Crippen molar-refractivity contribution < 1.29 is 140 Å². The molecule has 2 aromatic rings. The third-order valence-electron chi connectivity index (χ3n) is 15.6. The van der Waals surface area contributed by atoms with Crippen molar-refractivity contribution in [3.63, 3.8) is 0 Å². The number of aliphatic hydroxyl groups is 3. The van der Waals surface area contributed by atoms with Gasteiger partial charge in [0.05, 0.1) is 51.2 Å². The highest BCUT2D eigenvalue weighted by molar-refractivity contribution is 8.14. The summed E-state index contributed by atoms with van der Waals surface area (Å²) in [5.41, 5.74) is 3.17. The number of carboxylic acid groups (broad SMARTS) is 5. The van der Waals surface area contributed by atoms with E-state index in [1.54, 1.807) is 18.2 Å². The van der Waals surface area contributed by atoms with Crippen LogP contribution in [0.3, 0.4) is 0 Å². The molecule has 0 bridgehead atoms. The number of nitrogen functional groups attached to an aromatic ring is 1. The number of hydrogen-bond acceptors (Lipinski definition) is 29. The summed E-state index contributed by atoms with van der Waals surface area (Å²) in [7, 11) is -17.7. The van der Waals surface area contributed by atoms with Crippen LogP contribution in [0.15, 0.2) is 86.6 Å². The average molecular weight is 1640 g/mol. The zero-order valence-electron chi connectivity index (χ0n) is 64.5. The van der Waals surface area contributed by atoms with E-state index in [1.807, 2.05) is 55.4 Å². The number of thioether (sulfide) groups is 1. The standard InChI is InChI=1S/C30H48N7O17P3S.C8H14O3.C8H12O3.C8H16O2.2C8H14O2/c1-6-8-18(9-7-2)28(42)58-13-12-32-20(38)10-11-33-27(41)24(40)29(3,4)15-51-57(48,49)54-56(46,47)50-14-19-22(53-55(43,44)45)23(39)30(5,52-19)37-17-36-21-25(31)34-16-35-26(21)37;2*1-3-5-6(8(10)11)7(9)4-2;3*1-3-5-7(6-4-2)8(9)10/h6,8,16-17,19,22-24,39-40H,1,7,9-15H2,2-5H3,(H,32,38)(H,33,41)(H,46,47)(H,48,49)(H2,31,34,35)(H2,43,44,45);4,6-7,9H,2-3,5H2,1H3,(H,10,11);4,6H,2-3,5H2,1H3,(H,10,11);7H,3-6H2,1-2H3,(H,9,10);5H,3-4,6H2,1-2H3,(H,9,10);3,7H,1,4-6H2,2H3,(H,9,10)/p-4/b18-8+;;;;7-5+;. The minimum absolute atomic E-state index is 0.0333. The number of hydrogen-bond donors (Lipinski definition) is 11. The van der Waals surface area contributed by atoms with Crippen LogP contribution in [0.2, 0.25) is 0 Å². The molecular formula is C70H114N7O29P3S-4. The number of rotatable bonds is 47. The van der Waals surface area contributed by atoms with Crippen LogP contribution in [-0.4, -0.2) is 176 Å². The number of nitrogens with one attached hydrogen (secondary N) is 2. The molecule has 1 fully saturated rings. The molecule has 36 nitrogen and oxygen atoms in total. The molecule has 3 heterocycles. The van der Waals surface area contributed by atoms with Crippen LogP contribution < -0.4 is 35.9 Å². The number of carbonyl (C=O) groups is 9. The second-order valence-corrected chi connectivity index (χ2v) is 30.4. The number of aliphatic carboxylic acids is 5. The zero-order valence-corrected chi connectivity index (χ0v) is 68.0. The first-order valence-electron chi connectivity index (χ1n) is 35.5. The summed E-state index contributed by atoms with van der Waals surface area (Å²) in [4.78, 5) is 160. The number of aliphatic hydroxyl groups excluding tert-OH is 3. The van der Waals surface area contributed by atoms with Gasteiger partial charge in [-0.3, -0.25) is 52.1 Å². The number of allylic oxidation sites excluding steroid dienone is 5. The lowest BCUT2D eigenvalue weighted by atomic mass is 9.87. The van der Waals surface area contributed by atoms with Crippen LogP contribution in [0.25, 0.3) is 11.2 Å². The summed E-state index contributed by atoms with van der Waals surface area (Å²) in [5, 5.41) is 78.4. The summed E-state index contributed by atoms with van der Waals surface area (Å²) in [6.07, 6.45) is 13.8. The normalized spacial score (nSPS) is 17.9. The lowest BCUT2D eigenvalue weighted by Gasteiger charge is -2.36. The fourth-order valence-corrected chi connectivity index (χ4v) is 13.3. The molecule has 0 radical (unpaired) electrons. The van der Waals surface area contributed by atoms with Gasteiger partial charge in [-0.05, 0) is 70.8 Å². The third kappa shape index (κ3) is 42.6. The van der Waals surface area contributed by atoms with E-state index in [2.05, 4.69) is 69.8 Å². The van der Waals surface area contributed by atoms with Crippen molar-refractivity contribution in [3.05, 3.63) is 86.6 Å². The van der Waals surface area contributed by atoms with Crippen LogP contribution in [0.1, 0.15) is 185 Å². The Kier molecular flexibility index (Phi) is 54.8. The van der Waals surface area contributed by atoms with Crippen LogP contribution in [0.4, 0.5) is 5.82 Å². The Morgan fingerprint density at radius 3 is 1.74 bits per heavy atom. The van der Waals surface area contributed by atoms with Crippen molar-refractivity contribution in [2.45, 2.75) is 222 Å². The van der Waals surface area contributed by atoms with Crippen LogP contribution >= 0.6 is 35.2 Å². The monoisotopic (exact) mass is 1640 g/mol. The number of carboxylic acids is 5. The molecule has 0 aliphatic carbocycles. The van der Waals surface area contributed by atoms with Crippen molar-refractivity contribution in [1.29, 1.82) is 0 Å². The highest BCUT2D eigenvalue weighted by Crippen LogP contribution is 2.57. The molecule has 40 heteroatoms. The molecule has 0 spiro atoms. The smallest absolute Gasteiger partial charge is 0.331 e. The number of anilines is 1. The summed E-state index contributed by atoms with van der Waals surface area (Å²) in [6.45, 7) is 30.5. The number of fused-ring (bicyclic) bond motifs is 1. The molecule has 3 rings (SSSR count). The molecule has 11 atom stereocenters. The Morgan fingerprint density at radius 1 is 0.727 bits per heavy atom. The van der Waals surface area contributed by atoms with Gasteiger partial charge < -0.3 is 99.7 Å². The van der Waals surface area contributed by atoms with Gasteiger partial charge in [0.15, 0.2) is 23.0 Å². The number of aromatic nitrogens is 4. The number of nitrogens with zero attached hydrogens (tertiary/aromatic N) is 4. The van der Waals surface area contributed by atoms with Crippen molar-refractivity contribution >= 4 is 105 Å². The lowest BCUT2D eigenvalue weighted by Crippen LogP contribution is -2.46. The number of carbonyl (C=O) groups excluding carboxylic acids is 4. The number of ketones is 1. The van der Waals surface area contributed by atoms with Gasteiger partial charge in [0, 0.05) is 41.8 Å². The van der Waals surface area contributed by atoms with E-state index in [-0.39, 0.29) is 53.4 Å². The number of nitrogens with two attached hydrogens (primary N) is 1. The SMILES string of the molecule is C=C/C=C(\CCC)C(=O)SCCNC(=O)CCNC(=O)C(O)C(C)(C)COP(=O)([O-])OP(=O)([O-])OCC1OC(C)(n2cnc3c(N)ncnc32)C(O)C1OP(=O)([O-])[O-].C=CC(=O)C(CCC)C(=O)O.C=CC(O)C(CCC)C(=O)O.C=CCC(CCC)C(=O)O.CC/C=C(\CCC)C(=O)O.CCCC(CCC)C(=O)O. The van der Waals surface area contributed by atoms with Gasteiger partial charge in [0.2, 0.25) is 16.9 Å². The zero-order chi connectivity index (χ0) is 85.3. The number of amides is 2. The Hall–Kier alpha value is -7.02. The first kappa shape index (κ1) is 107. The summed E-state index contributed by atoms with van der Waals surface area (Å²) >= 11 is 1.03.